The van der Waals surface area contributed by atoms with Crippen LogP contribution in [0, 0.1) is 13.8 Å². The van der Waals surface area contributed by atoms with Crippen LogP contribution in [0.2, 0.25) is 0 Å². The minimum absolute atomic E-state index is 0.0752. The number of aromatic nitrogens is 1. The summed E-state index contributed by atoms with van der Waals surface area (Å²) in [6, 6.07) is 11.2. The zero-order valence-electron chi connectivity index (χ0n) is 17.8. The van der Waals surface area contributed by atoms with Crippen molar-refractivity contribution in [3.63, 3.8) is 0 Å². The summed E-state index contributed by atoms with van der Waals surface area (Å²) in [5.74, 6) is -0.762. The Hall–Kier alpha value is -2.98. The van der Waals surface area contributed by atoms with Gasteiger partial charge in [-0.1, -0.05) is 18.2 Å². The molecular formula is C22H23FN2O5S2. The fraction of sp³-hybridized carbons (Fsp3) is 0.273. The molecule has 32 heavy (non-hydrogen) atoms. The molecule has 0 radical (unpaired) electrons. The second-order valence-electron chi connectivity index (χ2n) is 7.33. The number of hydrogen-bond acceptors (Lipinski definition) is 6. The molecule has 0 spiro atoms. The van der Waals surface area contributed by atoms with E-state index in [4.69, 9.17) is 9.84 Å². The molecule has 1 heterocycles. The summed E-state index contributed by atoms with van der Waals surface area (Å²) < 4.78 is 47.4. The van der Waals surface area contributed by atoms with E-state index in [1.807, 2.05) is 6.92 Å². The molecule has 1 unspecified atom stereocenters. The van der Waals surface area contributed by atoms with Crippen LogP contribution in [-0.4, -0.2) is 37.2 Å². The van der Waals surface area contributed by atoms with Crippen molar-refractivity contribution in [2.24, 2.45) is 0 Å². The highest BCUT2D eigenvalue weighted by Crippen LogP contribution is 2.35. The lowest BCUT2D eigenvalue weighted by Crippen LogP contribution is -2.35. The molecule has 0 bridgehead atoms. The number of sulfonamides is 1. The van der Waals surface area contributed by atoms with Gasteiger partial charge in [0, 0.05) is 11.1 Å². The van der Waals surface area contributed by atoms with Crippen molar-refractivity contribution in [2.75, 3.05) is 10.8 Å². The Morgan fingerprint density at radius 1 is 1.22 bits per heavy atom. The van der Waals surface area contributed by atoms with E-state index >= 15 is 0 Å². The van der Waals surface area contributed by atoms with E-state index in [1.54, 1.807) is 42.6 Å². The fourth-order valence-electron chi connectivity index (χ4n) is 2.95. The van der Waals surface area contributed by atoms with Crippen LogP contribution in [0.4, 0.5) is 10.1 Å². The molecule has 3 rings (SSSR count). The molecule has 1 aromatic heterocycles. The van der Waals surface area contributed by atoms with Crippen molar-refractivity contribution in [1.29, 1.82) is 0 Å². The number of nitrogens with zero attached hydrogens (tertiary/aromatic N) is 2. The lowest BCUT2D eigenvalue weighted by Gasteiger charge is -2.26. The number of carbonyl (C=O) groups is 1. The monoisotopic (exact) mass is 478 g/mol. The van der Waals surface area contributed by atoms with Crippen LogP contribution < -0.4 is 9.04 Å². The number of hydrogen-bond donors (Lipinski definition) is 1. The number of anilines is 1. The van der Waals surface area contributed by atoms with Crippen molar-refractivity contribution in [3.05, 3.63) is 70.2 Å². The Morgan fingerprint density at radius 2 is 1.91 bits per heavy atom. The van der Waals surface area contributed by atoms with E-state index < -0.39 is 28.7 Å². The third-order valence-corrected chi connectivity index (χ3v) is 7.64. The second-order valence-corrected chi connectivity index (χ2v) is 10.2. The molecule has 170 valence electrons. The standard InChI is InChI=1S/C22H23FN2O5S2/c1-14-4-9-19(20(10-14)30-12-17-5-7-18(8-6-17)21(26)27)25(11-15(2)23)32(28,29)22-24-16(3)13-31-22/h4-10,13,15H,11-12H2,1-3H3,(H,26,27). The highest BCUT2D eigenvalue weighted by Gasteiger charge is 2.31. The summed E-state index contributed by atoms with van der Waals surface area (Å²) in [5.41, 5.74) is 2.45. The largest absolute Gasteiger partial charge is 0.487 e. The summed E-state index contributed by atoms with van der Waals surface area (Å²) in [4.78, 5) is 15.1. The van der Waals surface area contributed by atoms with Crippen molar-refractivity contribution in [1.82, 2.24) is 4.98 Å². The topological polar surface area (TPSA) is 96.8 Å². The molecule has 0 saturated heterocycles. The van der Waals surface area contributed by atoms with Crippen LogP contribution >= 0.6 is 11.3 Å². The van der Waals surface area contributed by atoms with E-state index in [0.717, 1.165) is 21.2 Å². The Kier molecular flexibility index (Phi) is 7.15. The molecule has 0 aliphatic carbocycles. The van der Waals surface area contributed by atoms with Crippen LogP contribution in [0.5, 0.6) is 5.75 Å². The molecule has 0 aliphatic rings. The molecule has 1 N–H and O–H groups in total. The van der Waals surface area contributed by atoms with Gasteiger partial charge >= 0.3 is 5.97 Å². The van der Waals surface area contributed by atoms with Crippen molar-refractivity contribution in [2.45, 2.75) is 37.9 Å². The summed E-state index contributed by atoms with van der Waals surface area (Å²) in [7, 11) is -4.11. The number of halogens is 1. The number of aromatic carboxylic acids is 1. The van der Waals surface area contributed by atoms with Crippen molar-refractivity contribution in [3.8, 4) is 5.75 Å². The van der Waals surface area contributed by atoms with Gasteiger partial charge in [-0.15, -0.1) is 11.3 Å². The molecule has 0 aliphatic heterocycles. The van der Waals surface area contributed by atoms with Gasteiger partial charge < -0.3 is 9.84 Å². The Morgan fingerprint density at radius 3 is 2.47 bits per heavy atom. The maximum atomic E-state index is 14.0. The second kappa shape index (κ2) is 9.66. The van der Waals surface area contributed by atoms with Crippen LogP contribution in [-0.2, 0) is 16.6 Å². The van der Waals surface area contributed by atoms with Gasteiger partial charge in [0.05, 0.1) is 17.8 Å². The number of carboxylic acid groups (broad SMARTS) is 1. The highest BCUT2D eigenvalue weighted by molar-refractivity contribution is 7.94. The first-order valence-corrected chi connectivity index (χ1v) is 12.0. The maximum Gasteiger partial charge on any atom is 0.335 e. The Bertz CT molecular complexity index is 1210. The summed E-state index contributed by atoms with van der Waals surface area (Å²) in [5, 5.41) is 10.6. The summed E-state index contributed by atoms with van der Waals surface area (Å²) in [6.45, 7) is 4.49. The fourth-order valence-corrected chi connectivity index (χ4v) is 5.63. The molecule has 0 amide bonds. The first kappa shape index (κ1) is 23.7. The van der Waals surface area contributed by atoms with Crippen LogP contribution in [0.3, 0.4) is 0 Å². The SMILES string of the molecule is Cc1ccc(N(CC(C)F)S(=O)(=O)c2nc(C)cs2)c(OCc2ccc(C(=O)O)cc2)c1. The number of ether oxygens (including phenoxy) is 1. The smallest absolute Gasteiger partial charge is 0.335 e. The van der Waals surface area contributed by atoms with Gasteiger partial charge in [0.15, 0.2) is 0 Å². The highest BCUT2D eigenvalue weighted by atomic mass is 32.2. The van der Waals surface area contributed by atoms with Crippen LogP contribution in [0.15, 0.2) is 52.2 Å². The maximum absolute atomic E-state index is 14.0. The lowest BCUT2D eigenvalue weighted by molar-refractivity contribution is 0.0697. The number of benzene rings is 2. The lowest BCUT2D eigenvalue weighted by atomic mass is 10.1. The first-order valence-electron chi connectivity index (χ1n) is 9.72. The third-order valence-electron chi connectivity index (χ3n) is 4.51. The van der Waals surface area contributed by atoms with E-state index in [1.165, 1.54) is 19.1 Å². The van der Waals surface area contributed by atoms with Crippen LogP contribution in [0.1, 0.15) is 34.1 Å². The van der Waals surface area contributed by atoms with Gasteiger partial charge in [0.2, 0.25) is 4.34 Å². The molecule has 7 nitrogen and oxygen atoms in total. The molecule has 2 aromatic carbocycles. The normalized spacial score (nSPS) is 12.4. The first-order chi connectivity index (χ1) is 15.1. The average molecular weight is 479 g/mol. The number of alkyl halides is 1. The minimum atomic E-state index is -4.11. The summed E-state index contributed by atoms with van der Waals surface area (Å²) >= 11 is 0.977. The van der Waals surface area contributed by atoms with Crippen molar-refractivity contribution >= 4 is 33.0 Å². The number of thiazole rings is 1. The van der Waals surface area contributed by atoms with Gasteiger partial charge in [0.1, 0.15) is 18.5 Å². The Labute approximate surface area is 190 Å². The Balaban J connectivity index is 1.96. The van der Waals surface area contributed by atoms with E-state index in [2.05, 4.69) is 4.98 Å². The van der Waals surface area contributed by atoms with Gasteiger partial charge in [-0.05, 0) is 56.2 Å². The zero-order chi connectivity index (χ0) is 23.5. The molecule has 0 saturated carbocycles. The van der Waals surface area contributed by atoms with Crippen molar-refractivity contribution < 1.29 is 27.4 Å². The average Bonchev–Trinajstić information content (AvgIpc) is 3.18. The zero-order valence-corrected chi connectivity index (χ0v) is 19.4. The predicted molar refractivity (Wildman–Crippen MR) is 121 cm³/mol. The molecule has 1 atom stereocenters. The van der Waals surface area contributed by atoms with Gasteiger partial charge in [0.25, 0.3) is 10.0 Å². The number of carboxylic acids is 1. The van der Waals surface area contributed by atoms with E-state index in [-0.39, 0.29) is 27.9 Å². The molecular weight excluding hydrogens is 455 g/mol. The van der Waals surface area contributed by atoms with E-state index in [0.29, 0.717) is 11.3 Å². The third kappa shape index (κ3) is 5.43. The molecule has 0 fully saturated rings. The minimum Gasteiger partial charge on any atom is -0.487 e. The van der Waals surface area contributed by atoms with Crippen LogP contribution in [0.25, 0.3) is 0 Å². The summed E-state index contributed by atoms with van der Waals surface area (Å²) in [6.07, 6.45) is -1.43. The molecule has 3 aromatic rings. The quantitative estimate of drug-likeness (QED) is 0.483. The number of rotatable bonds is 9. The van der Waals surface area contributed by atoms with E-state index in [9.17, 15) is 17.6 Å². The molecule has 10 heteroatoms. The van der Waals surface area contributed by atoms with Gasteiger partial charge in [-0.2, -0.15) is 8.42 Å². The van der Waals surface area contributed by atoms with Gasteiger partial charge in [-0.3, -0.25) is 4.31 Å². The predicted octanol–water partition coefficient (Wildman–Crippen LogP) is 4.59. The number of aryl methyl sites for hydroxylation is 2. The van der Waals surface area contributed by atoms with Gasteiger partial charge in [-0.25, -0.2) is 14.2 Å².